The summed E-state index contributed by atoms with van der Waals surface area (Å²) in [5, 5.41) is 36.2. The normalized spacial score (nSPS) is 10.9. The topological polar surface area (TPSA) is 118 Å². The number of rotatable bonds is 5. The van der Waals surface area contributed by atoms with Crippen LogP contribution in [-0.2, 0) is 6.42 Å². The van der Waals surface area contributed by atoms with Gasteiger partial charge in [0.1, 0.15) is 11.4 Å². The van der Waals surface area contributed by atoms with E-state index in [0.717, 1.165) is 17.7 Å². The lowest BCUT2D eigenvalue weighted by Gasteiger charge is -2.07. The Balaban J connectivity index is 2.11. The van der Waals surface area contributed by atoms with Crippen molar-refractivity contribution in [2.75, 3.05) is 0 Å². The molecule has 9 heteroatoms. The molecule has 0 fully saturated rings. The monoisotopic (exact) mass is 390 g/mol. The van der Waals surface area contributed by atoms with Crippen molar-refractivity contribution in [1.29, 1.82) is 0 Å². The molecule has 0 aliphatic heterocycles. The molecule has 1 aromatic heterocycles. The summed E-state index contributed by atoms with van der Waals surface area (Å²) in [6, 6.07) is 19.8. The van der Waals surface area contributed by atoms with Gasteiger partial charge in [0.25, 0.3) is 16.9 Å². The Morgan fingerprint density at radius 1 is 0.862 bits per heavy atom. The molecule has 0 amide bonds. The highest BCUT2D eigenvalue weighted by molar-refractivity contribution is 5.91. The van der Waals surface area contributed by atoms with Crippen molar-refractivity contribution in [3.05, 3.63) is 109 Å². The molecule has 0 spiro atoms. The van der Waals surface area contributed by atoms with Gasteiger partial charge in [-0.05, 0) is 17.7 Å². The zero-order valence-electron chi connectivity index (χ0n) is 15.0. The summed E-state index contributed by atoms with van der Waals surface area (Å²) in [6.07, 6.45) is 0.236. The molecule has 3 aromatic carbocycles. The molecule has 1 heterocycles. The maximum Gasteiger partial charge on any atom is 0.292 e. The van der Waals surface area contributed by atoms with Gasteiger partial charge in [0.05, 0.1) is 22.0 Å². The van der Waals surface area contributed by atoms with Crippen molar-refractivity contribution >= 4 is 22.3 Å². The maximum absolute atomic E-state index is 13.1. The van der Waals surface area contributed by atoms with Crippen LogP contribution in [0.4, 0.5) is 11.4 Å². The predicted octanol–water partition coefficient (Wildman–Crippen LogP) is 3.67. The first-order valence-corrected chi connectivity index (χ1v) is 8.66. The Kier molecular flexibility index (Phi) is 4.40. The number of benzene rings is 3. The Morgan fingerprint density at radius 2 is 1.48 bits per heavy atom. The van der Waals surface area contributed by atoms with Crippen LogP contribution in [0.2, 0.25) is 0 Å². The van der Waals surface area contributed by atoms with E-state index in [2.05, 4.69) is 0 Å². The molecular weight excluding hydrogens is 376 g/mol. The third kappa shape index (κ3) is 3.14. The van der Waals surface area contributed by atoms with Crippen LogP contribution in [0.5, 0.6) is 0 Å². The summed E-state index contributed by atoms with van der Waals surface area (Å²) in [5.41, 5.74) is 0.623. The first-order valence-electron chi connectivity index (χ1n) is 8.66. The summed E-state index contributed by atoms with van der Waals surface area (Å²) in [5.74, 6) is 0. The fourth-order valence-electron chi connectivity index (χ4n) is 3.40. The Bertz CT molecular complexity index is 1240. The summed E-state index contributed by atoms with van der Waals surface area (Å²) in [7, 11) is 0. The highest BCUT2D eigenvalue weighted by atomic mass is 16.6. The Labute approximate surface area is 163 Å². The standard InChI is InChI=1S/C20H14N4O5/c25-22-18-12-16(23(26)27)13-19(24(28)29)20(18)17(11-14-7-3-1-4-8-14)21(22)15-9-5-2-6-10-15/h1-10,12-13H,11H2. The highest BCUT2D eigenvalue weighted by Crippen LogP contribution is 2.34. The Hall–Kier alpha value is -4.27. The van der Waals surface area contributed by atoms with E-state index in [0.29, 0.717) is 16.2 Å². The number of aromatic nitrogens is 2. The van der Waals surface area contributed by atoms with Crippen molar-refractivity contribution in [3.8, 4) is 5.69 Å². The lowest BCUT2D eigenvalue weighted by molar-refractivity contribution is -0.659. The second kappa shape index (κ2) is 7.04. The molecule has 0 unspecified atom stereocenters. The lowest BCUT2D eigenvalue weighted by atomic mass is 10.0. The maximum atomic E-state index is 13.1. The molecule has 0 saturated heterocycles. The van der Waals surface area contributed by atoms with Crippen LogP contribution >= 0.6 is 0 Å². The van der Waals surface area contributed by atoms with Crippen molar-refractivity contribution < 1.29 is 14.7 Å². The van der Waals surface area contributed by atoms with E-state index in [1.165, 1.54) is 4.68 Å². The molecule has 0 bridgehead atoms. The molecule has 0 radical (unpaired) electrons. The summed E-state index contributed by atoms with van der Waals surface area (Å²) < 4.78 is 1.31. The van der Waals surface area contributed by atoms with Crippen molar-refractivity contribution in [2.24, 2.45) is 0 Å². The van der Waals surface area contributed by atoms with Gasteiger partial charge < -0.3 is 5.21 Å². The molecule has 9 nitrogen and oxygen atoms in total. The van der Waals surface area contributed by atoms with Gasteiger partial charge in [-0.15, -0.1) is 4.68 Å². The van der Waals surface area contributed by atoms with Crippen molar-refractivity contribution in [3.63, 3.8) is 0 Å². The van der Waals surface area contributed by atoms with Crippen LogP contribution in [0, 0.1) is 25.4 Å². The van der Waals surface area contributed by atoms with Gasteiger partial charge >= 0.3 is 0 Å². The molecule has 144 valence electrons. The molecule has 0 atom stereocenters. The van der Waals surface area contributed by atoms with Crippen LogP contribution in [0.25, 0.3) is 16.6 Å². The fourth-order valence-corrected chi connectivity index (χ4v) is 3.40. The minimum Gasteiger partial charge on any atom is -0.595 e. The molecule has 0 saturated carbocycles. The van der Waals surface area contributed by atoms with Gasteiger partial charge in [-0.1, -0.05) is 53.4 Å². The second-order valence-electron chi connectivity index (χ2n) is 6.40. The van der Waals surface area contributed by atoms with Crippen LogP contribution < -0.4 is 4.85 Å². The highest BCUT2D eigenvalue weighted by Gasteiger charge is 2.32. The number of hydrogen-bond acceptors (Lipinski definition) is 5. The van der Waals surface area contributed by atoms with E-state index in [-0.39, 0.29) is 17.3 Å². The molecule has 4 rings (SSSR count). The number of non-ortho nitro benzene ring substituents is 2. The fraction of sp³-hybridized carbons (Fsp3) is 0.0500. The quantitative estimate of drug-likeness (QED) is 0.223. The summed E-state index contributed by atoms with van der Waals surface area (Å²) in [6.45, 7) is 0. The minimum atomic E-state index is -0.747. The first kappa shape index (κ1) is 18.1. The molecule has 4 aromatic rings. The van der Waals surface area contributed by atoms with E-state index >= 15 is 0 Å². The van der Waals surface area contributed by atoms with Crippen molar-refractivity contribution in [2.45, 2.75) is 6.42 Å². The van der Waals surface area contributed by atoms with Crippen LogP contribution in [-0.4, -0.2) is 14.5 Å². The number of para-hydroxylation sites is 1. The van der Waals surface area contributed by atoms with Crippen molar-refractivity contribution in [1.82, 2.24) is 4.68 Å². The second-order valence-corrected chi connectivity index (χ2v) is 6.40. The van der Waals surface area contributed by atoms with Gasteiger partial charge in [0, 0.05) is 6.42 Å². The average molecular weight is 390 g/mol. The van der Waals surface area contributed by atoms with Gasteiger partial charge in [0.2, 0.25) is 0 Å². The molecule has 0 aliphatic rings. The third-order valence-electron chi connectivity index (χ3n) is 4.64. The van der Waals surface area contributed by atoms with E-state index in [9.17, 15) is 25.4 Å². The lowest BCUT2D eigenvalue weighted by Crippen LogP contribution is -2.37. The van der Waals surface area contributed by atoms with E-state index < -0.39 is 21.2 Å². The molecular formula is C20H14N4O5. The number of nitro benzene ring substituents is 2. The van der Waals surface area contributed by atoms with Gasteiger partial charge in [-0.3, -0.25) is 20.2 Å². The molecule has 0 aliphatic carbocycles. The molecule has 29 heavy (non-hydrogen) atoms. The zero-order valence-corrected chi connectivity index (χ0v) is 15.0. The van der Waals surface area contributed by atoms with Crippen LogP contribution in [0.1, 0.15) is 11.3 Å². The summed E-state index contributed by atoms with van der Waals surface area (Å²) in [4.78, 5) is 22.0. The van der Waals surface area contributed by atoms with Crippen LogP contribution in [0.3, 0.4) is 0 Å². The SMILES string of the molecule is O=[N+]([O-])c1cc([N+](=O)[O-])c2c(Cc3ccccc3)n(-c3ccccc3)[n+]([O-])c2c1. The third-order valence-corrected chi connectivity index (χ3v) is 4.64. The van der Waals surface area contributed by atoms with E-state index in [1.54, 1.807) is 30.3 Å². The van der Waals surface area contributed by atoms with E-state index in [4.69, 9.17) is 0 Å². The van der Waals surface area contributed by atoms with Gasteiger partial charge in [-0.2, -0.15) is 0 Å². The average Bonchev–Trinajstić information content (AvgIpc) is 3.00. The molecule has 0 N–H and O–H groups in total. The summed E-state index contributed by atoms with van der Waals surface area (Å²) >= 11 is 0. The largest absolute Gasteiger partial charge is 0.595 e. The van der Waals surface area contributed by atoms with E-state index in [1.807, 2.05) is 30.3 Å². The number of nitrogens with zero attached hydrogens (tertiary/aromatic N) is 4. The zero-order chi connectivity index (χ0) is 20.5. The number of hydrogen-bond donors (Lipinski definition) is 0. The Morgan fingerprint density at radius 3 is 2.07 bits per heavy atom. The number of nitro groups is 2. The number of fused-ring (bicyclic) bond motifs is 1. The van der Waals surface area contributed by atoms with Gasteiger partial charge in [-0.25, -0.2) is 0 Å². The predicted molar refractivity (Wildman–Crippen MR) is 105 cm³/mol. The van der Waals surface area contributed by atoms with Crippen LogP contribution in [0.15, 0.2) is 72.8 Å². The minimum absolute atomic E-state index is 0.0864. The smallest absolute Gasteiger partial charge is 0.292 e. The first-order chi connectivity index (χ1) is 14.0. The van der Waals surface area contributed by atoms with Gasteiger partial charge in [0.15, 0.2) is 5.39 Å².